The van der Waals surface area contributed by atoms with E-state index in [0.717, 1.165) is 17.2 Å². The first-order chi connectivity index (χ1) is 13.3. The van der Waals surface area contributed by atoms with Gasteiger partial charge < -0.3 is 10.6 Å². The number of para-hydroxylation sites is 1. The molecule has 1 aromatic heterocycles. The summed E-state index contributed by atoms with van der Waals surface area (Å²) in [5, 5.41) is 5.45. The number of pyridine rings is 1. The third-order valence-electron chi connectivity index (χ3n) is 4.22. The van der Waals surface area contributed by atoms with E-state index in [1.54, 1.807) is 0 Å². The van der Waals surface area contributed by atoms with Gasteiger partial charge in [-0.05, 0) is 42.3 Å². The van der Waals surface area contributed by atoms with Crippen molar-refractivity contribution >= 4 is 17.4 Å². The smallest absolute Gasteiger partial charge is 0.348 e. The van der Waals surface area contributed by atoms with Gasteiger partial charge in [0.25, 0.3) is 5.91 Å². The number of carbonyl (C=O) groups is 1. The zero-order chi connectivity index (χ0) is 20.1. The molecule has 3 rings (SSSR count). The highest BCUT2D eigenvalue weighted by molar-refractivity contribution is 5.94. The van der Waals surface area contributed by atoms with Crippen LogP contribution >= 0.6 is 0 Å². The molecule has 1 amide bonds. The molecular weight excluding hydrogens is 367 g/mol. The van der Waals surface area contributed by atoms with Crippen LogP contribution in [0.15, 0.2) is 66.9 Å². The Morgan fingerprint density at radius 2 is 1.75 bits per heavy atom. The lowest BCUT2D eigenvalue weighted by molar-refractivity contribution is -0.136. The molecule has 0 fully saturated rings. The standard InChI is InChI=1S/C21H18F3N3O/c1-14-6-2-3-7-16(14)13-26-20(28)15-10-11-25-19(12-15)27-18-9-5-4-8-17(18)21(22,23)24/h2-12H,13H2,1H3,(H,25,27)(H,26,28). The Morgan fingerprint density at radius 3 is 2.50 bits per heavy atom. The molecule has 144 valence electrons. The summed E-state index contributed by atoms with van der Waals surface area (Å²) >= 11 is 0. The molecule has 3 aromatic rings. The van der Waals surface area contributed by atoms with E-state index in [4.69, 9.17) is 0 Å². The number of amides is 1. The molecule has 0 bridgehead atoms. The Hall–Kier alpha value is -3.35. The van der Waals surface area contributed by atoms with Crippen LogP contribution in [0.1, 0.15) is 27.0 Å². The highest BCUT2D eigenvalue weighted by atomic mass is 19.4. The molecule has 0 saturated carbocycles. The molecule has 0 aliphatic heterocycles. The van der Waals surface area contributed by atoms with E-state index in [0.29, 0.717) is 12.1 Å². The second kappa shape index (κ2) is 8.12. The first-order valence-corrected chi connectivity index (χ1v) is 8.56. The van der Waals surface area contributed by atoms with Gasteiger partial charge in [0, 0.05) is 18.3 Å². The van der Waals surface area contributed by atoms with Gasteiger partial charge in [-0.3, -0.25) is 4.79 Å². The summed E-state index contributed by atoms with van der Waals surface area (Å²) in [6, 6.07) is 15.7. The van der Waals surface area contributed by atoms with Crippen LogP contribution in [0.2, 0.25) is 0 Å². The van der Waals surface area contributed by atoms with Crippen molar-refractivity contribution in [3.8, 4) is 0 Å². The maximum atomic E-state index is 13.1. The summed E-state index contributed by atoms with van der Waals surface area (Å²) in [4.78, 5) is 16.4. The van der Waals surface area contributed by atoms with Gasteiger partial charge in [0.2, 0.25) is 0 Å². The van der Waals surface area contributed by atoms with Crippen LogP contribution in [0.4, 0.5) is 24.7 Å². The lowest BCUT2D eigenvalue weighted by Gasteiger charge is -2.14. The summed E-state index contributed by atoms with van der Waals surface area (Å²) in [6.07, 6.45) is -3.12. The minimum absolute atomic E-state index is 0.125. The Bertz CT molecular complexity index is 986. The number of alkyl halides is 3. The molecule has 7 heteroatoms. The van der Waals surface area contributed by atoms with Gasteiger partial charge in [0.05, 0.1) is 11.3 Å². The normalized spacial score (nSPS) is 11.1. The number of aryl methyl sites for hydroxylation is 1. The Labute approximate surface area is 160 Å². The molecule has 0 atom stereocenters. The van der Waals surface area contributed by atoms with Crippen LogP contribution in [-0.4, -0.2) is 10.9 Å². The molecule has 0 saturated heterocycles. The van der Waals surface area contributed by atoms with Gasteiger partial charge in [-0.15, -0.1) is 0 Å². The molecule has 2 aromatic carbocycles. The maximum absolute atomic E-state index is 13.1. The fourth-order valence-electron chi connectivity index (χ4n) is 2.70. The lowest BCUT2D eigenvalue weighted by Crippen LogP contribution is -2.23. The number of benzene rings is 2. The van der Waals surface area contributed by atoms with Crippen LogP contribution in [0, 0.1) is 6.92 Å². The topological polar surface area (TPSA) is 54.0 Å². The monoisotopic (exact) mass is 385 g/mol. The minimum atomic E-state index is -4.49. The van der Waals surface area contributed by atoms with Gasteiger partial charge in [-0.25, -0.2) is 4.98 Å². The van der Waals surface area contributed by atoms with Crippen molar-refractivity contribution in [3.63, 3.8) is 0 Å². The van der Waals surface area contributed by atoms with Crippen molar-refractivity contribution in [3.05, 3.63) is 89.1 Å². The van der Waals surface area contributed by atoms with Gasteiger partial charge in [0.1, 0.15) is 5.82 Å². The van der Waals surface area contributed by atoms with Crippen LogP contribution in [0.3, 0.4) is 0 Å². The number of anilines is 2. The van der Waals surface area contributed by atoms with E-state index in [-0.39, 0.29) is 17.4 Å². The minimum Gasteiger partial charge on any atom is -0.348 e. The molecule has 0 aliphatic rings. The van der Waals surface area contributed by atoms with Crippen LogP contribution < -0.4 is 10.6 Å². The molecule has 1 heterocycles. The second-order valence-electron chi connectivity index (χ2n) is 6.21. The number of carbonyl (C=O) groups excluding carboxylic acids is 1. The summed E-state index contributed by atoms with van der Waals surface area (Å²) in [7, 11) is 0. The molecule has 4 nitrogen and oxygen atoms in total. The van der Waals surface area contributed by atoms with E-state index in [9.17, 15) is 18.0 Å². The van der Waals surface area contributed by atoms with Gasteiger partial charge in [0.15, 0.2) is 0 Å². The largest absolute Gasteiger partial charge is 0.418 e. The number of nitrogens with zero attached hydrogens (tertiary/aromatic N) is 1. The van der Waals surface area contributed by atoms with Gasteiger partial charge >= 0.3 is 6.18 Å². The quantitative estimate of drug-likeness (QED) is 0.644. The predicted molar refractivity (Wildman–Crippen MR) is 101 cm³/mol. The van der Waals surface area contributed by atoms with Crippen molar-refractivity contribution in [1.29, 1.82) is 0 Å². The molecule has 28 heavy (non-hydrogen) atoms. The Morgan fingerprint density at radius 1 is 1.04 bits per heavy atom. The Kier molecular flexibility index (Phi) is 5.63. The van der Waals surface area contributed by atoms with Crippen molar-refractivity contribution in [2.24, 2.45) is 0 Å². The molecule has 0 unspecified atom stereocenters. The molecule has 2 N–H and O–H groups in total. The average molecular weight is 385 g/mol. The average Bonchev–Trinajstić information content (AvgIpc) is 2.67. The third-order valence-corrected chi connectivity index (χ3v) is 4.22. The number of nitrogens with one attached hydrogen (secondary N) is 2. The van der Waals surface area contributed by atoms with Gasteiger partial charge in [-0.2, -0.15) is 13.2 Å². The van der Waals surface area contributed by atoms with Crippen molar-refractivity contribution < 1.29 is 18.0 Å². The first-order valence-electron chi connectivity index (χ1n) is 8.56. The van der Waals surface area contributed by atoms with E-state index < -0.39 is 11.7 Å². The number of hydrogen-bond donors (Lipinski definition) is 2. The van der Waals surface area contributed by atoms with E-state index in [2.05, 4.69) is 15.6 Å². The number of rotatable bonds is 5. The molecule has 0 radical (unpaired) electrons. The zero-order valence-electron chi connectivity index (χ0n) is 15.0. The van der Waals surface area contributed by atoms with E-state index in [1.165, 1.54) is 36.5 Å². The van der Waals surface area contributed by atoms with Crippen LogP contribution in [0.5, 0.6) is 0 Å². The summed E-state index contributed by atoms with van der Waals surface area (Å²) in [5.74, 6) is -0.182. The predicted octanol–water partition coefficient (Wildman–Crippen LogP) is 5.08. The SMILES string of the molecule is Cc1ccccc1CNC(=O)c1ccnc(Nc2ccccc2C(F)(F)F)c1. The van der Waals surface area contributed by atoms with Crippen molar-refractivity contribution in [1.82, 2.24) is 10.3 Å². The number of hydrogen-bond acceptors (Lipinski definition) is 3. The first kappa shape index (κ1) is 19.4. The van der Waals surface area contributed by atoms with E-state index in [1.807, 2.05) is 31.2 Å². The number of aromatic nitrogens is 1. The molecule has 0 spiro atoms. The fourth-order valence-corrected chi connectivity index (χ4v) is 2.70. The van der Waals surface area contributed by atoms with E-state index >= 15 is 0 Å². The van der Waals surface area contributed by atoms with Crippen molar-refractivity contribution in [2.45, 2.75) is 19.6 Å². The zero-order valence-corrected chi connectivity index (χ0v) is 15.0. The second-order valence-corrected chi connectivity index (χ2v) is 6.21. The highest BCUT2D eigenvalue weighted by Gasteiger charge is 2.33. The summed E-state index contributed by atoms with van der Waals surface area (Å²) in [6.45, 7) is 2.31. The third kappa shape index (κ3) is 4.68. The maximum Gasteiger partial charge on any atom is 0.418 e. The Balaban J connectivity index is 1.74. The highest BCUT2D eigenvalue weighted by Crippen LogP contribution is 2.35. The molecular formula is C21H18F3N3O. The fraction of sp³-hybridized carbons (Fsp3) is 0.143. The summed E-state index contributed by atoms with van der Waals surface area (Å²) in [5.41, 5.74) is 1.42. The number of halogens is 3. The van der Waals surface area contributed by atoms with Crippen LogP contribution in [0.25, 0.3) is 0 Å². The lowest BCUT2D eigenvalue weighted by atomic mass is 10.1. The molecule has 0 aliphatic carbocycles. The van der Waals surface area contributed by atoms with Crippen LogP contribution in [-0.2, 0) is 12.7 Å². The van der Waals surface area contributed by atoms with Crippen molar-refractivity contribution in [2.75, 3.05) is 5.32 Å². The summed E-state index contributed by atoms with van der Waals surface area (Å²) < 4.78 is 39.4. The van der Waals surface area contributed by atoms with Gasteiger partial charge in [-0.1, -0.05) is 36.4 Å².